The van der Waals surface area contributed by atoms with Crippen LogP contribution >= 0.6 is 0 Å². The molecule has 0 amide bonds. The standard InChI is InChI=1S/C11H21FO3S/c1-11(2,3)8-5-6-9(12)10(7-8)15-16(4,13)14/h8-10H,5-7H2,1-4H3/t8-,9+,10+/m0/s1. The molecule has 0 saturated heterocycles. The van der Waals surface area contributed by atoms with E-state index in [2.05, 4.69) is 20.8 Å². The van der Waals surface area contributed by atoms with Gasteiger partial charge in [0.2, 0.25) is 0 Å². The van der Waals surface area contributed by atoms with Crippen molar-refractivity contribution in [3.05, 3.63) is 0 Å². The lowest BCUT2D eigenvalue weighted by Crippen LogP contribution is -2.38. The number of rotatable bonds is 2. The summed E-state index contributed by atoms with van der Waals surface area (Å²) in [5.41, 5.74) is 0.0687. The summed E-state index contributed by atoms with van der Waals surface area (Å²) < 4.78 is 40.4. The van der Waals surface area contributed by atoms with Gasteiger partial charge in [-0.15, -0.1) is 0 Å². The minimum Gasteiger partial charge on any atom is -0.264 e. The molecule has 1 fully saturated rings. The van der Waals surface area contributed by atoms with Gasteiger partial charge in [0.15, 0.2) is 0 Å². The van der Waals surface area contributed by atoms with Crippen molar-refractivity contribution in [2.75, 3.05) is 6.26 Å². The average Bonchev–Trinajstić information content (AvgIpc) is 2.04. The molecular weight excluding hydrogens is 231 g/mol. The molecule has 1 aliphatic carbocycles. The molecule has 0 unspecified atom stereocenters. The van der Waals surface area contributed by atoms with Gasteiger partial charge in [0.05, 0.1) is 6.26 Å². The van der Waals surface area contributed by atoms with E-state index in [0.29, 0.717) is 18.8 Å². The van der Waals surface area contributed by atoms with Crippen molar-refractivity contribution in [3.8, 4) is 0 Å². The van der Waals surface area contributed by atoms with Gasteiger partial charge in [-0.3, -0.25) is 4.18 Å². The van der Waals surface area contributed by atoms with Gasteiger partial charge in [0.25, 0.3) is 10.1 Å². The topological polar surface area (TPSA) is 43.4 Å². The van der Waals surface area contributed by atoms with E-state index in [1.807, 2.05) is 0 Å². The number of hydrogen-bond donors (Lipinski definition) is 0. The van der Waals surface area contributed by atoms with Crippen molar-refractivity contribution in [2.24, 2.45) is 11.3 Å². The molecule has 0 N–H and O–H groups in total. The Labute approximate surface area is 97.5 Å². The number of hydrogen-bond acceptors (Lipinski definition) is 3. The van der Waals surface area contributed by atoms with Crippen LogP contribution in [-0.4, -0.2) is 26.9 Å². The highest BCUT2D eigenvalue weighted by molar-refractivity contribution is 7.86. The lowest BCUT2D eigenvalue weighted by atomic mass is 9.71. The van der Waals surface area contributed by atoms with Crippen molar-refractivity contribution in [2.45, 2.75) is 52.3 Å². The first kappa shape index (κ1) is 13.9. The maximum atomic E-state index is 13.6. The predicted octanol–water partition coefficient (Wildman–Crippen LogP) is 2.52. The Morgan fingerprint density at radius 3 is 2.25 bits per heavy atom. The summed E-state index contributed by atoms with van der Waals surface area (Å²) in [6.45, 7) is 6.27. The summed E-state index contributed by atoms with van der Waals surface area (Å²) in [7, 11) is -3.57. The molecular formula is C11H21FO3S. The van der Waals surface area contributed by atoms with Crippen molar-refractivity contribution >= 4 is 10.1 Å². The van der Waals surface area contributed by atoms with Crippen molar-refractivity contribution in [3.63, 3.8) is 0 Å². The molecule has 1 rings (SSSR count). The van der Waals surface area contributed by atoms with Gasteiger partial charge in [0.1, 0.15) is 12.3 Å². The van der Waals surface area contributed by atoms with E-state index in [-0.39, 0.29) is 5.41 Å². The Bertz CT molecular complexity index is 332. The average molecular weight is 252 g/mol. The molecule has 1 saturated carbocycles. The third kappa shape index (κ3) is 4.01. The van der Waals surface area contributed by atoms with Crippen LogP contribution in [0.3, 0.4) is 0 Å². The quantitative estimate of drug-likeness (QED) is 0.709. The molecule has 0 aliphatic heterocycles. The highest BCUT2D eigenvalue weighted by Gasteiger charge is 2.38. The SMILES string of the molecule is CC(C)(C)[C@H]1CC[C@@H](F)[C@H](OS(C)(=O)=O)C1. The molecule has 3 atom stereocenters. The first-order valence-corrected chi connectivity index (χ1v) is 7.43. The van der Waals surface area contributed by atoms with E-state index in [1.54, 1.807) is 0 Å². The Balaban J connectivity index is 2.70. The second-order valence-electron chi connectivity index (χ2n) is 5.73. The van der Waals surface area contributed by atoms with Crippen LogP contribution in [0.4, 0.5) is 4.39 Å². The minimum absolute atomic E-state index is 0.0687. The number of alkyl halides is 1. The van der Waals surface area contributed by atoms with E-state index in [9.17, 15) is 12.8 Å². The Hall–Kier alpha value is -0.160. The zero-order valence-corrected chi connectivity index (χ0v) is 11.2. The summed E-state index contributed by atoms with van der Waals surface area (Å²) >= 11 is 0. The first-order valence-electron chi connectivity index (χ1n) is 5.62. The van der Waals surface area contributed by atoms with Crippen molar-refractivity contribution < 1.29 is 17.0 Å². The Morgan fingerprint density at radius 2 is 1.81 bits per heavy atom. The molecule has 0 aromatic rings. The summed E-state index contributed by atoms with van der Waals surface area (Å²) in [5, 5.41) is 0. The fourth-order valence-electron chi connectivity index (χ4n) is 2.20. The molecule has 5 heteroatoms. The van der Waals surface area contributed by atoms with E-state index in [1.165, 1.54) is 0 Å². The molecule has 0 bridgehead atoms. The van der Waals surface area contributed by atoms with Gasteiger partial charge in [-0.25, -0.2) is 4.39 Å². The van der Waals surface area contributed by atoms with Crippen LogP contribution in [-0.2, 0) is 14.3 Å². The lowest BCUT2D eigenvalue weighted by molar-refractivity contribution is 0.0161. The van der Waals surface area contributed by atoms with E-state index < -0.39 is 22.4 Å². The summed E-state index contributed by atoms with van der Waals surface area (Å²) in [6.07, 6.45) is 0.690. The van der Waals surface area contributed by atoms with E-state index >= 15 is 0 Å². The maximum absolute atomic E-state index is 13.6. The third-order valence-corrected chi connectivity index (χ3v) is 3.83. The second-order valence-corrected chi connectivity index (χ2v) is 7.33. The zero-order valence-electron chi connectivity index (χ0n) is 10.4. The fraction of sp³-hybridized carbons (Fsp3) is 1.00. The van der Waals surface area contributed by atoms with Gasteiger partial charge < -0.3 is 0 Å². The third-order valence-electron chi connectivity index (χ3n) is 3.23. The minimum atomic E-state index is -3.57. The maximum Gasteiger partial charge on any atom is 0.264 e. The Kier molecular flexibility index (Phi) is 4.00. The molecule has 0 spiro atoms. The summed E-state index contributed by atoms with van der Waals surface area (Å²) in [4.78, 5) is 0. The molecule has 0 radical (unpaired) electrons. The zero-order chi connectivity index (χ0) is 12.6. The van der Waals surface area contributed by atoms with Crippen molar-refractivity contribution in [1.29, 1.82) is 0 Å². The van der Waals surface area contributed by atoms with Crippen LogP contribution < -0.4 is 0 Å². The molecule has 3 nitrogen and oxygen atoms in total. The van der Waals surface area contributed by atoms with Gasteiger partial charge in [-0.05, 0) is 30.6 Å². The van der Waals surface area contributed by atoms with Crippen LogP contribution in [0, 0.1) is 11.3 Å². The summed E-state index contributed by atoms with van der Waals surface area (Å²) in [5.74, 6) is 0.311. The normalized spacial score (nSPS) is 32.7. The highest BCUT2D eigenvalue weighted by atomic mass is 32.2. The first-order chi connectivity index (χ1) is 7.09. The van der Waals surface area contributed by atoms with Crippen molar-refractivity contribution in [1.82, 2.24) is 0 Å². The number of halogens is 1. The molecule has 0 aromatic heterocycles. The van der Waals surface area contributed by atoms with Crippen LogP contribution in [0.5, 0.6) is 0 Å². The van der Waals surface area contributed by atoms with E-state index in [0.717, 1.165) is 12.7 Å². The largest absolute Gasteiger partial charge is 0.264 e. The predicted molar refractivity (Wildman–Crippen MR) is 61.4 cm³/mol. The molecule has 16 heavy (non-hydrogen) atoms. The van der Waals surface area contributed by atoms with Crippen LogP contribution in [0.1, 0.15) is 40.0 Å². The monoisotopic (exact) mass is 252 g/mol. The second kappa shape index (κ2) is 4.61. The molecule has 0 heterocycles. The van der Waals surface area contributed by atoms with Crippen LogP contribution in [0.25, 0.3) is 0 Å². The lowest BCUT2D eigenvalue weighted by Gasteiger charge is -2.38. The van der Waals surface area contributed by atoms with Gasteiger partial charge >= 0.3 is 0 Å². The van der Waals surface area contributed by atoms with Gasteiger partial charge in [-0.2, -0.15) is 8.42 Å². The summed E-state index contributed by atoms with van der Waals surface area (Å²) in [6, 6.07) is 0. The van der Waals surface area contributed by atoms with Gasteiger partial charge in [-0.1, -0.05) is 20.8 Å². The van der Waals surface area contributed by atoms with E-state index in [4.69, 9.17) is 4.18 Å². The highest BCUT2D eigenvalue weighted by Crippen LogP contribution is 2.40. The van der Waals surface area contributed by atoms with Gasteiger partial charge in [0, 0.05) is 0 Å². The van der Waals surface area contributed by atoms with Crippen LogP contribution in [0.15, 0.2) is 0 Å². The molecule has 0 aromatic carbocycles. The smallest absolute Gasteiger partial charge is 0.264 e. The molecule has 1 aliphatic rings. The fourth-order valence-corrected chi connectivity index (χ4v) is 2.85. The van der Waals surface area contributed by atoms with Crippen LogP contribution in [0.2, 0.25) is 0 Å². The Morgan fingerprint density at radius 1 is 1.25 bits per heavy atom. The molecule has 96 valence electrons.